The molecule has 0 amide bonds. The Kier molecular flexibility index (Phi) is 2.38. The molecule has 2 rings (SSSR count). The number of nitrogens with zero attached hydrogens (tertiary/aromatic N) is 1. The number of hydrogen-bond acceptors (Lipinski definition) is 2. The van der Waals surface area contributed by atoms with E-state index in [4.69, 9.17) is 0 Å². The summed E-state index contributed by atoms with van der Waals surface area (Å²) in [7, 11) is 0. The molecule has 0 unspecified atom stereocenters. The lowest BCUT2D eigenvalue weighted by Gasteiger charge is -2.08. The van der Waals surface area contributed by atoms with Gasteiger partial charge >= 0.3 is 0 Å². The van der Waals surface area contributed by atoms with Gasteiger partial charge in [-0.25, -0.2) is 4.98 Å². The van der Waals surface area contributed by atoms with Crippen molar-refractivity contribution in [1.82, 2.24) is 4.98 Å². The molecular weight excluding hydrogens is 190 g/mol. The Morgan fingerprint density at radius 3 is 2.29 bits per heavy atom. The van der Waals surface area contributed by atoms with E-state index in [1.54, 1.807) is 0 Å². The fourth-order valence-electron chi connectivity index (χ4n) is 1.88. The van der Waals surface area contributed by atoms with Crippen LogP contribution in [0.25, 0.3) is 11.3 Å². The van der Waals surface area contributed by atoms with Gasteiger partial charge in [0.1, 0.15) is 0 Å². The van der Waals surface area contributed by atoms with Crippen molar-refractivity contribution in [2.24, 2.45) is 0 Å². The van der Waals surface area contributed by atoms with Crippen LogP contribution in [-0.2, 0) is 0 Å². The summed E-state index contributed by atoms with van der Waals surface area (Å²) in [6.45, 7) is 6.39. The monoisotopic (exact) mass is 202 g/mol. The van der Waals surface area contributed by atoms with Gasteiger partial charge in [0.05, 0.1) is 5.69 Å². The van der Waals surface area contributed by atoms with Crippen molar-refractivity contribution in [1.29, 1.82) is 0 Å². The van der Waals surface area contributed by atoms with Crippen LogP contribution in [0.5, 0.6) is 0 Å². The molecule has 0 N–H and O–H groups in total. The maximum Gasteiger partial charge on any atom is 0.152 e. The molecule has 1 aromatic heterocycles. The van der Waals surface area contributed by atoms with Crippen LogP contribution in [0.15, 0.2) is 17.5 Å². The zero-order chi connectivity index (χ0) is 10.1. The zero-order valence-corrected chi connectivity index (χ0v) is 9.40. The lowest BCUT2D eigenvalue weighted by atomic mass is 9.98. The molecule has 71 valence electrons. The first-order valence-electron chi connectivity index (χ1n) is 4.58. The van der Waals surface area contributed by atoms with Gasteiger partial charge in [-0.05, 0) is 31.9 Å². The van der Waals surface area contributed by atoms with Gasteiger partial charge in [-0.2, -0.15) is 0 Å². The second-order valence-corrected chi connectivity index (χ2v) is 4.25. The predicted octanol–water partition coefficient (Wildman–Crippen LogP) is 3.54. The van der Waals surface area contributed by atoms with Crippen LogP contribution in [0.2, 0.25) is 0 Å². The number of aryl methyl sites for hydroxylation is 3. The quantitative estimate of drug-likeness (QED) is 0.689. The fourth-order valence-corrected chi connectivity index (χ4v) is 2.37. The minimum Gasteiger partial charge on any atom is -0.233 e. The van der Waals surface area contributed by atoms with E-state index in [-0.39, 0.29) is 0 Å². The SMILES string of the molecule is Cc1cc(C)c(-c2cs[c]n2)c(C)c1. The maximum atomic E-state index is 4.23. The molecule has 0 saturated carbocycles. The first-order chi connectivity index (χ1) is 6.68. The summed E-state index contributed by atoms with van der Waals surface area (Å²) in [5.74, 6) is 0. The third-order valence-electron chi connectivity index (χ3n) is 2.32. The minimum absolute atomic E-state index is 1.05. The first kappa shape index (κ1) is 9.41. The molecule has 2 heteroatoms. The number of thiazole rings is 1. The maximum absolute atomic E-state index is 4.23. The van der Waals surface area contributed by atoms with Gasteiger partial charge in [0.15, 0.2) is 5.51 Å². The van der Waals surface area contributed by atoms with Gasteiger partial charge in [-0.3, -0.25) is 0 Å². The molecule has 2 aromatic rings. The molecule has 1 nitrogen and oxygen atoms in total. The topological polar surface area (TPSA) is 12.9 Å². The zero-order valence-electron chi connectivity index (χ0n) is 8.59. The Balaban J connectivity index is 2.64. The average Bonchev–Trinajstić information content (AvgIpc) is 2.54. The van der Waals surface area contributed by atoms with Crippen LogP contribution in [0.3, 0.4) is 0 Å². The molecule has 1 radical (unpaired) electrons. The summed E-state index contributed by atoms with van der Waals surface area (Å²) in [5.41, 5.74) is 9.09. The van der Waals surface area contributed by atoms with Gasteiger partial charge in [0.2, 0.25) is 0 Å². The van der Waals surface area contributed by atoms with Gasteiger partial charge in [0.25, 0.3) is 0 Å². The molecule has 0 atom stereocenters. The largest absolute Gasteiger partial charge is 0.233 e. The molecule has 0 spiro atoms. The second-order valence-electron chi connectivity index (χ2n) is 3.60. The highest BCUT2D eigenvalue weighted by atomic mass is 32.1. The van der Waals surface area contributed by atoms with Crippen molar-refractivity contribution in [3.05, 3.63) is 39.7 Å². The Labute approximate surface area is 88.4 Å². The lowest BCUT2D eigenvalue weighted by molar-refractivity contribution is 1.29. The third kappa shape index (κ3) is 1.58. The normalized spacial score (nSPS) is 10.5. The van der Waals surface area contributed by atoms with Crippen molar-refractivity contribution >= 4 is 11.3 Å². The fraction of sp³-hybridized carbons (Fsp3) is 0.250. The number of benzene rings is 1. The van der Waals surface area contributed by atoms with Crippen LogP contribution in [0.4, 0.5) is 0 Å². The van der Waals surface area contributed by atoms with Crippen molar-refractivity contribution in [2.45, 2.75) is 20.8 Å². The van der Waals surface area contributed by atoms with Crippen LogP contribution in [0, 0.1) is 26.3 Å². The summed E-state index contributed by atoms with van der Waals surface area (Å²) in [6.07, 6.45) is 0. The van der Waals surface area contributed by atoms with Crippen LogP contribution >= 0.6 is 11.3 Å². The minimum atomic E-state index is 1.05. The standard InChI is InChI=1S/C12H12NS/c1-8-4-9(2)12(10(3)5-8)11-6-14-7-13-11/h4-6H,1-3H3. The van der Waals surface area contributed by atoms with Crippen molar-refractivity contribution < 1.29 is 0 Å². The van der Waals surface area contributed by atoms with Crippen molar-refractivity contribution in [3.63, 3.8) is 0 Å². The van der Waals surface area contributed by atoms with E-state index in [1.165, 1.54) is 33.6 Å². The Hall–Kier alpha value is -1.15. The molecule has 1 aromatic carbocycles. The van der Waals surface area contributed by atoms with Crippen LogP contribution in [0.1, 0.15) is 16.7 Å². The highest BCUT2D eigenvalue weighted by Crippen LogP contribution is 2.27. The van der Waals surface area contributed by atoms with E-state index in [0.29, 0.717) is 0 Å². The van der Waals surface area contributed by atoms with Crippen molar-refractivity contribution in [2.75, 3.05) is 0 Å². The van der Waals surface area contributed by atoms with E-state index in [1.807, 2.05) is 5.38 Å². The number of aromatic nitrogens is 1. The Morgan fingerprint density at radius 1 is 1.14 bits per heavy atom. The number of hydrogen-bond donors (Lipinski definition) is 0. The molecular formula is C12H12NS. The molecule has 0 saturated heterocycles. The summed E-state index contributed by atoms with van der Waals surface area (Å²) in [5, 5.41) is 2.05. The highest BCUT2D eigenvalue weighted by molar-refractivity contribution is 7.07. The van der Waals surface area contributed by atoms with Crippen LogP contribution < -0.4 is 0 Å². The van der Waals surface area contributed by atoms with E-state index in [2.05, 4.69) is 43.4 Å². The molecule has 0 aliphatic heterocycles. The molecule has 0 bridgehead atoms. The third-order valence-corrected chi connectivity index (χ3v) is 2.86. The van der Waals surface area contributed by atoms with E-state index < -0.39 is 0 Å². The van der Waals surface area contributed by atoms with Gasteiger partial charge in [-0.15, -0.1) is 11.3 Å². The summed E-state index contributed by atoms with van der Waals surface area (Å²) >= 11 is 1.52. The molecule has 1 heterocycles. The highest BCUT2D eigenvalue weighted by Gasteiger charge is 2.07. The molecule has 0 aliphatic rings. The van der Waals surface area contributed by atoms with Gasteiger partial charge < -0.3 is 0 Å². The summed E-state index contributed by atoms with van der Waals surface area (Å²) in [4.78, 5) is 4.23. The average molecular weight is 202 g/mol. The first-order valence-corrected chi connectivity index (χ1v) is 5.46. The van der Waals surface area contributed by atoms with Crippen molar-refractivity contribution in [3.8, 4) is 11.3 Å². The summed E-state index contributed by atoms with van der Waals surface area (Å²) in [6, 6.07) is 4.39. The second kappa shape index (κ2) is 3.54. The summed E-state index contributed by atoms with van der Waals surface area (Å²) < 4.78 is 0. The smallest absolute Gasteiger partial charge is 0.152 e. The lowest BCUT2D eigenvalue weighted by Crippen LogP contribution is -1.89. The van der Waals surface area contributed by atoms with E-state index in [0.717, 1.165) is 5.69 Å². The predicted molar refractivity (Wildman–Crippen MR) is 60.6 cm³/mol. The van der Waals surface area contributed by atoms with E-state index >= 15 is 0 Å². The molecule has 0 aliphatic carbocycles. The van der Waals surface area contributed by atoms with Gasteiger partial charge in [-0.1, -0.05) is 17.7 Å². The Bertz CT molecular complexity index is 420. The van der Waals surface area contributed by atoms with E-state index in [9.17, 15) is 0 Å². The number of rotatable bonds is 1. The Morgan fingerprint density at radius 2 is 1.79 bits per heavy atom. The molecule has 0 fully saturated rings. The van der Waals surface area contributed by atoms with Gasteiger partial charge in [0, 0.05) is 10.9 Å². The molecule has 14 heavy (non-hydrogen) atoms. The van der Waals surface area contributed by atoms with Crippen LogP contribution in [-0.4, -0.2) is 4.98 Å².